The van der Waals surface area contributed by atoms with Crippen molar-refractivity contribution < 1.29 is 28.3 Å². The minimum atomic E-state index is -0.632. The lowest BCUT2D eigenvalue weighted by molar-refractivity contribution is -0.123. The predicted molar refractivity (Wildman–Crippen MR) is 104 cm³/mol. The lowest BCUT2D eigenvalue weighted by Crippen LogP contribution is -2.30. The zero-order valence-electron chi connectivity index (χ0n) is 16.4. The summed E-state index contributed by atoms with van der Waals surface area (Å²) in [4.78, 5) is 37.5. The number of hydrogen-bond acceptors (Lipinski definition) is 6. The molecule has 29 heavy (non-hydrogen) atoms. The molecule has 2 heterocycles. The van der Waals surface area contributed by atoms with Crippen molar-refractivity contribution in [2.75, 3.05) is 7.11 Å². The fraction of sp³-hybridized carbons (Fsp3) is 0.286. The molecule has 0 radical (unpaired) electrons. The van der Waals surface area contributed by atoms with E-state index in [1.807, 2.05) is 38.1 Å². The van der Waals surface area contributed by atoms with Crippen molar-refractivity contribution in [1.29, 1.82) is 0 Å². The molecule has 0 unspecified atom stereocenters. The monoisotopic (exact) mass is 398 g/mol. The van der Waals surface area contributed by atoms with E-state index in [0.29, 0.717) is 11.3 Å². The first-order valence-corrected chi connectivity index (χ1v) is 9.20. The van der Waals surface area contributed by atoms with Gasteiger partial charge >= 0.3 is 12.0 Å². The Labute approximate surface area is 168 Å². The van der Waals surface area contributed by atoms with Crippen molar-refractivity contribution in [3.63, 3.8) is 0 Å². The van der Waals surface area contributed by atoms with Gasteiger partial charge in [0, 0.05) is 5.56 Å². The van der Waals surface area contributed by atoms with Gasteiger partial charge in [-0.05, 0) is 37.6 Å². The first kappa shape index (κ1) is 20.2. The lowest BCUT2D eigenvalue weighted by atomic mass is 10.1. The fourth-order valence-corrected chi connectivity index (χ4v) is 2.71. The molecule has 1 fully saturated rings. The number of carbonyl (C=O) groups excluding carboxylic acids is 3. The third-order valence-corrected chi connectivity index (χ3v) is 4.45. The van der Waals surface area contributed by atoms with Gasteiger partial charge in [0.25, 0.3) is 5.91 Å². The zero-order chi connectivity index (χ0) is 21.0. The first-order chi connectivity index (χ1) is 13.9. The molecular formula is C21H22N2O6. The van der Waals surface area contributed by atoms with E-state index in [4.69, 9.17) is 9.15 Å². The van der Waals surface area contributed by atoms with Gasteiger partial charge in [-0.2, -0.15) is 0 Å². The molecule has 152 valence electrons. The van der Waals surface area contributed by atoms with E-state index in [1.165, 1.54) is 19.2 Å². The second kappa shape index (κ2) is 8.64. The van der Waals surface area contributed by atoms with Gasteiger partial charge in [0.05, 0.1) is 19.8 Å². The maximum Gasteiger partial charge on any atom is 0.373 e. The topological polar surface area (TPSA) is 98.1 Å². The van der Waals surface area contributed by atoms with Crippen molar-refractivity contribution in [3.8, 4) is 5.75 Å². The molecule has 1 aromatic heterocycles. The number of para-hydroxylation sites is 1. The van der Waals surface area contributed by atoms with Crippen LogP contribution in [0.25, 0.3) is 6.08 Å². The summed E-state index contributed by atoms with van der Waals surface area (Å²) in [6.45, 7) is 3.87. The fourth-order valence-electron chi connectivity index (χ4n) is 2.71. The van der Waals surface area contributed by atoms with Crippen LogP contribution < -0.4 is 10.1 Å². The molecule has 0 bridgehead atoms. The number of ether oxygens (including phenoxy) is 2. The molecule has 1 aliphatic heterocycles. The number of carbonyl (C=O) groups is 3. The third kappa shape index (κ3) is 4.48. The molecule has 1 saturated heterocycles. The van der Waals surface area contributed by atoms with E-state index in [0.717, 1.165) is 11.3 Å². The highest BCUT2D eigenvalue weighted by atomic mass is 16.5. The van der Waals surface area contributed by atoms with Crippen LogP contribution in [0, 0.1) is 0 Å². The van der Waals surface area contributed by atoms with E-state index in [9.17, 15) is 14.4 Å². The average molecular weight is 398 g/mol. The van der Waals surface area contributed by atoms with E-state index in [1.54, 1.807) is 6.08 Å². The van der Waals surface area contributed by atoms with Gasteiger partial charge in [0.2, 0.25) is 5.76 Å². The average Bonchev–Trinajstić information content (AvgIpc) is 3.29. The van der Waals surface area contributed by atoms with Crippen LogP contribution in [-0.2, 0) is 16.1 Å². The molecule has 2 aromatic rings. The van der Waals surface area contributed by atoms with Crippen LogP contribution in [0.5, 0.6) is 5.75 Å². The summed E-state index contributed by atoms with van der Waals surface area (Å²) in [7, 11) is 1.24. The summed E-state index contributed by atoms with van der Waals surface area (Å²) in [5, 5.41) is 2.57. The highest BCUT2D eigenvalue weighted by Gasteiger charge is 2.34. The normalized spacial score (nSPS) is 16.1. The standard InChI is InChI=1S/C21H22N2O6/c1-4-13(2)28-17-8-6-5-7-14(17)11-16-19(24)23(21(26)22-16)12-15-9-10-18(29-15)20(25)27-3/h5-11,13H,4,12H2,1-3H3,(H,22,26)/b16-11-/t13-/m1/s1. The van der Waals surface area contributed by atoms with Gasteiger partial charge in [-0.1, -0.05) is 25.1 Å². The van der Waals surface area contributed by atoms with E-state index >= 15 is 0 Å². The molecule has 3 amide bonds. The van der Waals surface area contributed by atoms with Crippen LogP contribution in [0.2, 0.25) is 0 Å². The molecule has 3 rings (SSSR count). The Hall–Kier alpha value is -3.55. The van der Waals surface area contributed by atoms with Crippen LogP contribution >= 0.6 is 0 Å². The van der Waals surface area contributed by atoms with Gasteiger partial charge in [0.1, 0.15) is 17.2 Å². The number of furan rings is 1. The molecule has 0 aliphatic carbocycles. The summed E-state index contributed by atoms with van der Waals surface area (Å²) < 4.78 is 15.8. The van der Waals surface area contributed by atoms with Gasteiger partial charge < -0.3 is 19.2 Å². The summed E-state index contributed by atoms with van der Waals surface area (Å²) in [6.07, 6.45) is 2.44. The number of hydrogen-bond donors (Lipinski definition) is 1. The Morgan fingerprint density at radius 2 is 2.00 bits per heavy atom. The van der Waals surface area contributed by atoms with Crippen molar-refractivity contribution in [2.45, 2.75) is 32.9 Å². The molecule has 1 N–H and O–H groups in total. The Kier molecular flexibility index (Phi) is 6.01. The van der Waals surface area contributed by atoms with Gasteiger partial charge in [0.15, 0.2) is 0 Å². The number of imide groups is 1. The van der Waals surface area contributed by atoms with Crippen molar-refractivity contribution in [2.24, 2.45) is 0 Å². The maximum atomic E-state index is 12.7. The van der Waals surface area contributed by atoms with Crippen molar-refractivity contribution >= 4 is 24.0 Å². The first-order valence-electron chi connectivity index (χ1n) is 9.20. The Bertz CT molecular complexity index is 962. The van der Waals surface area contributed by atoms with Crippen molar-refractivity contribution in [3.05, 3.63) is 59.2 Å². The molecule has 8 heteroatoms. The predicted octanol–water partition coefficient (Wildman–Crippen LogP) is 3.34. The molecular weight excluding hydrogens is 376 g/mol. The molecule has 1 aliphatic rings. The second-order valence-electron chi connectivity index (χ2n) is 6.51. The molecule has 0 saturated carbocycles. The number of amides is 3. The number of esters is 1. The zero-order valence-corrected chi connectivity index (χ0v) is 16.4. The van der Waals surface area contributed by atoms with Gasteiger partial charge in [-0.3, -0.25) is 9.69 Å². The summed E-state index contributed by atoms with van der Waals surface area (Å²) in [5.41, 5.74) is 0.819. The van der Waals surface area contributed by atoms with Crippen LogP contribution in [0.4, 0.5) is 4.79 Å². The van der Waals surface area contributed by atoms with Crippen LogP contribution in [0.15, 0.2) is 46.5 Å². The second-order valence-corrected chi connectivity index (χ2v) is 6.51. The summed E-state index contributed by atoms with van der Waals surface area (Å²) >= 11 is 0. The number of nitrogens with one attached hydrogen (secondary N) is 1. The number of urea groups is 1. The molecule has 1 aromatic carbocycles. The number of nitrogens with zero attached hydrogens (tertiary/aromatic N) is 1. The highest BCUT2D eigenvalue weighted by Crippen LogP contribution is 2.25. The quantitative estimate of drug-likeness (QED) is 0.436. The minimum Gasteiger partial charge on any atom is -0.490 e. The highest BCUT2D eigenvalue weighted by molar-refractivity contribution is 6.14. The molecule has 0 spiro atoms. The Balaban J connectivity index is 1.79. The van der Waals surface area contributed by atoms with E-state index < -0.39 is 17.9 Å². The number of rotatable bonds is 7. The number of methoxy groups -OCH3 is 1. The van der Waals surface area contributed by atoms with E-state index in [2.05, 4.69) is 10.1 Å². The van der Waals surface area contributed by atoms with Gasteiger partial charge in [-0.25, -0.2) is 9.59 Å². The van der Waals surface area contributed by atoms with Gasteiger partial charge in [-0.15, -0.1) is 0 Å². The van der Waals surface area contributed by atoms with Crippen LogP contribution in [0.1, 0.15) is 42.1 Å². The van der Waals surface area contributed by atoms with Crippen LogP contribution in [0.3, 0.4) is 0 Å². The smallest absolute Gasteiger partial charge is 0.373 e. The largest absolute Gasteiger partial charge is 0.490 e. The Morgan fingerprint density at radius 3 is 2.72 bits per heavy atom. The lowest BCUT2D eigenvalue weighted by Gasteiger charge is -2.14. The Morgan fingerprint density at radius 1 is 1.24 bits per heavy atom. The SMILES string of the molecule is CC[C@@H](C)Oc1ccccc1/C=C1\NC(=O)N(Cc2ccc(C(=O)OC)o2)C1=O. The summed E-state index contributed by atoms with van der Waals surface area (Å²) in [5.74, 6) is -0.211. The van der Waals surface area contributed by atoms with Crippen LogP contribution in [-0.4, -0.2) is 36.0 Å². The van der Waals surface area contributed by atoms with Crippen molar-refractivity contribution in [1.82, 2.24) is 10.2 Å². The van der Waals surface area contributed by atoms with E-state index in [-0.39, 0.29) is 29.9 Å². The minimum absolute atomic E-state index is 0.00133. The molecule has 8 nitrogen and oxygen atoms in total. The summed E-state index contributed by atoms with van der Waals surface area (Å²) in [6, 6.07) is 9.67. The third-order valence-electron chi connectivity index (χ3n) is 4.45. The number of benzene rings is 1. The maximum absolute atomic E-state index is 12.7. The molecule has 1 atom stereocenters.